The van der Waals surface area contributed by atoms with Crippen molar-refractivity contribution in [2.75, 3.05) is 0 Å². The zero-order valence-electron chi connectivity index (χ0n) is 14.0. The van der Waals surface area contributed by atoms with E-state index >= 15 is 0 Å². The van der Waals surface area contributed by atoms with Gasteiger partial charge in [-0.05, 0) is 18.1 Å². The minimum atomic E-state index is 0.265. The lowest BCUT2D eigenvalue weighted by atomic mass is 9.98. The predicted octanol–water partition coefficient (Wildman–Crippen LogP) is 4.07. The fourth-order valence-corrected chi connectivity index (χ4v) is 2.98. The van der Waals surface area contributed by atoms with Crippen molar-refractivity contribution in [3.05, 3.63) is 79.5 Å². The SMILES string of the molecule is C[C@@H](Cn1cc(-c2ccccc2-c2ccccc2)nn1)n1ccnc1. The van der Waals surface area contributed by atoms with Gasteiger partial charge in [0.25, 0.3) is 0 Å². The van der Waals surface area contributed by atoms with Gasteiger partial charge in [-0.2, -0.15) is 0 Å². The molecular weight excluding hydrogens is 310 g/mol. The van der Waals surface area contributed by atoms with Crippen molar-refractivity contribution in [2.45, 2.75) is 19.5 Å². The average molecular weight is 329 g/mol. The molecule has 4 rings (SSSR count). The lowest BCUT2D eigenvalue weighted by molar-refractivity contribution is 0.429. The van der Waals surface area contributed by atoms with Gasteiger partial charge in [-0.15, -0.1) is 5.10 Å². The first-order valence-electron chi connectivity index (χ1n) is 8.33. The van der Waals surface area contributed by atoms with E-state index < -0.39 is 0 Å². The normalized spacial score (nSPS) is 12.2. The molecule has 0 bridgehead atoms. The summed E-state index contributed by atoms with van der Waals surface area (Å²) < 4.78 is 3.96. The summed E-state index contributed by atoms with van der Waals surface area (Å²) in [5.41, 5.74) is 4.32. The number of aromatic nitrogens is 5. The van der Waals surface area contributed by atoms with Crippen molar-refractivity contribution in [2.24, 2.45) is 0 Å². The van der Waals surface area contributed by atoms with Gasteiger partial charge in [0, 0.05) is 18.0 Å². The number of imidazole rings is 1. The molecule has 5 heteroatoms. The van der Waals surface area contributed by atoms with Crippen LogP contribution in [0.3, 0.4) is 0 Å². The highest BCUT2D eigenvalue weighted by Crippen LogP contribution is 2.30. The van der Waals surface area contributed by atoms with Gasteiger partial charge in [-0.1, -0.05) is 59.8 Å². The van der Waals surface area contributed by atoms with Crippen molar-refractivity contribution in [3.8, 4) is 22.4 Å². The lowest BCUT2D eigenvalue weighted by Gasteiger charge is -2.12. The summed E-state index contributed by atoms with van der Waals surface area (Å²) in [6.07, 6.45) is 7.59. The summed E-state index contributed by atoms with van der Waals surface area (Å²) in [6.45, 7) is 2.89. The molecule has 1 atom stereocenters. The lowest BCUT2D eigenvalue weighted by Crippen LogP contribution is -2.12. The van der Waals surface area contributed by atoms with Crippen molar-refractivity contribution in [1.29, 1.82) is 0 Å². The molecule has 0 saturated heterocycles. The van der Waals surface area contributed by atoms with Crippen LogP contribution in [0, 0.1) is 0 Å². The van der Waals surface area contributed by atoms with Crippen LogP contribution in [0.5, 0.6) is 0 Å². The molecule has 25 heavy (non-hydrogen) atoms. The second kappa shape index (κ2) is 6.73. The molecule has 0 N–H and O–H groups in total. The highest BCUT2D eigenvalue weighted by Gasteiger charge is 2.12. The Hall–Kier alpha value is -3.21. The molecule has 0 radical (unpaired) electrons. The summed E-state index contributed by atoms with van der Waals surface area (Å²) in [5.74, 6) is 0. The highest BCUT2D eigenvalue weighted by molar-refractivity contribution is 5.81. The van der Waals surface area contributed by atoms with Gasteiger partial charge < -0.3 is 4.57 Å². The van der Waals surface area contributed by atoms with Crippen LogP contribution in [0.1, 0.15) is 13.0 Å². The zero-order chi connectivity index (χ0) is 17.1. The quantitative estimate of drug-likeness (QED) is 0.554. The number of benzene rings is 2. The van der Waals surface area contributed by atoms with Gasteiger partial charge in [0.05, 0.1) is 25.1 Å². The first-order chi connectivity index (χ1) is 12.3. The molecule has 2 heterocycles. The van der Waals surface area contributed by atoms with E-state index in [9.17, 15) is 0 Å². The Balaban J connectivity index is 1.63. The Morgan fingerprint density at radius 2 is 1.72 bits per heavy atom. The van der Waals surface area contributed by atoms with Crippen LogP contribution < -0.4 is 0 Å². The van der Waals surface area contributed by atoms with Crippen molar-refractivity contribution in [3.63, 3.8) is 0 Å². The maximum Gasteiger partial charge on any atom is 0.113 e. The second-order valence-electron chi connectivity index (χ2n) is 6.10. The zero-order valence-corrected chi connectivity index (χ0v) is 14.0. The van der Waals surface area contributed by atoms with E-state index in [0.29, 0.717) is 0 Å². The van der Waals surface area contributed by atoms with Crippen LogP contribution in [0.15, 0.2) is 79.5 Å². The summed E-state index contributed by atoms with van der Waals surface area (Å²) >= 11 is 0. The topological polar surface area (TPSA) is 48.5 Å². The van der Waals surface area contributed by atoms with Crippen LogP contribution in [0.25, 0.3) is 22.4 Å². The minimum Gasteiger partial charge on any atom is -0.333 e. The molecule has 0 spiro atoms. The van der Waals surface area contributed by atoms with Crippen molar-refractivity contribution < 1.29 is 0 Å². The van der Waals surface area contributed by atoms with Gasteiger partial charge >= 0.3 is 0 Å². The fourth-order valence-electron chi connectivity index (χ4n) is 2.98. The summed E-state index contributed by atoms with van der Waals surface area (Å²) in [5, 5.41) is 8.71. The molecule has 2 aromatic carbocycles. The van der Waals surface area contributed by atoms with Crippen LogP contribution in [-0.4, -0.2) is 24.5 Å². The third-order valence-corrected chi connectivity index (χ3v) is 4.31. The molecule has 0 unspecified atom stereocenters. The summed E-state index contributed by atoms with van der Waals surface area (Å²) in [6, 6.07) is 18.9. The number of hydrogen-bond acceptors (Lipinski definition) is 3. The van der Waals surface area contributed by atoms with Gasteiger partial charge in [0.15, 0.2) is 0 Å². The molecule has 0 aliphatic carbocycles. The summed E-state index contributed by atoms with van der Waals surface area (Å²) in [7, 11) is 0. The van der Waals surface area contributed by atoms with E-state index in [1.54, 1.807) is 6.20 Å². The van der Waals surface area contributed by atoms with Crippen LogP contribution in [0.4, 0.5) is 0 Å². The van der Waals surface area contributed by atoms with Gasteiger partial charge in [0.2, 0.25) is 0 Å². The van der Waals surface area contributed by atoms with Gasteiger partial charge in [0.1, 0.15) is 5.69 Å². The Morgan fingerprint density at radius 1 is 0.960 bits per heavy atom. The van der Waals surface area contributed by atoms with Crippen molar-refractivity contribution in [1.82, 2.24) is 24.5 Å². The second-order valence-corrected chi connectivity index (χ2v) is 6.10. The highest BCUT2D eigenvalue weighted by atomic mass is 15.4. The molecular formula is C20H19N5. The van der Waals surface area contributed by atoms with Crippen LogP contribution in [-0.2, 0) is 6.54 Å². The van der Waals surface area contributed by atoms with E-state index in [1.807, 2.05) is 35.5 Å². The van der Waals surface area contributed by atoms with Gasteiger partial charge in [-0.25, -0.2) is 9.67 Å². The third kappa shape index (κ3) is 3.21. The Labute approximate surface area is 146 Å². The average Bonchev–Trinajstić information content (AvgIpc) is 3.34. The van der Waals surface area contributed by atoms with Crippen LogP contribution >= 0.6 is 0 Å². The van der Waals surface area contributed by atoms with E-state index in [1.165, 1.54) is 5.56 Å². The van der Waals surface area contributed by atoms with E-state index in [2.05, 4.69) is 69.3 Å². The molecule has 0 aliphatic rings. The standard InChI is InChI=1S/C20H19N5/c1-16(24-12-11-21-15-24)13-25-14-20(22-23-25)19-10-6-5-9-18(19)17-7-3-2-4-8-17/h2-12,14-16H,13H2,1H3/t16-/m0/s1. The Morgan fingerprint density at radius 3 is 2.48 bits per heavy atom. The minimum absolute atomic E-state index is 0.265. The van der Waals surface area contributed by atoms with E-state index in [0.717, 1.165) is 23.4 Å². The number of hydrogen-bond donors (Lipinski definition) is 0. The first kappa shape index (κ1) is 15.3. The molecule has 124 valence electrons. The maximum absolute atomic E-state index is 4.40. The number of nitrogens with zero attached hydrogens (tertiary/aromatic N) is 5. The monoisotopic (exact) mass is 329 g/mol. The molecule has 0 saturated carbocycles. The molecule has 0 amide bonds. The maximum atomic E-state index is 4.40. The van der Waals surface area contributed by atoms with Gasteiger partial charge in [-0.3, -0.25) is 0 Å². The Kier molecular flexibility index (Phi) is 4.12. The molecule has 0 fully saturated rings. The van der Waals surface area contributed by atoms with Crippen molar-refractivity contribution >= 4 is 0 Å². The Bertz CT molecular complexity index is 941. The summed E-state index contributed by atoms with van der Waals surface area (Å²) in [4.78, 5) is 4.10. The third-order valence-electron chi connectivity index (χ3n) is 4.31. The van der Waals surface area contributed by atoms with Crippen LogP contribution in [0.2, 0.25) is 0 Å². The molecule has 4 aromatic rings. The fraction of sp³-hybridized carbons (Fsp3) is 0.150. The largest absolute Gasteiger partial charge is 0.333 e. The smallest absolute Gasteiger partial charge is 0.113 e. The van der Waals surface area contributed by atoms with E-state index in [4.69, 9.17) is 0 Å². The first-order valence-corrected chi connectivity index (χ1v) is 8.33. The molecule has 0 aliphatic heterocycles. The van der Waals surface area contributed by atoms with E-state index in [-0.39, 0.29) is 6.04 Å². The predicted molar refractivity (Wildman–Crippen MR) is 97.8 cm³/mol. The number of rotatable bonds is 5. The molecule has 2 aromatic heterocycles. The molecule has 5 nitrogen and oxygen atoms in total.